The third-order valence-corrected chi connectivity index (χ3v) is 5.29. The summed E-state index contributed by atoms with van der Waals surface area (Å²) >= 11 is 2.12. The van der Waals surface area contributed by atoms with Crippen LogP contribution in [0.3, 0.4) is 0 Å². The Morgan fingerprint density at radius 2 is 2.00 bits per heavy atom. The Morgan fingerprint density at radius 3 is 2.62 bits per heavy atom. The summed E-state index contributed by atoms with van der Waals surface area (Å²) < 4.78 is 0. The maximum atomic E-state index is 3.71. The van der Waals surface area contributed by atoms with E-state index in [2.05, 4.69) is 35.8 Å². The third-order valence-electron chi connectivity index (χ3n) is 3.94. The van der Waals surface area contributed by atoms with Crippen molar-refractivity contribution in [3.05, 3.63) is 0 Å². The average molecular weight is 242 g/mol. The molecule has 2 rings (SSSR count). The minimum atomic E-state index is 0.781. The van der Waals surface area contributed by atoms with Crippen LogP contribution in [-0.4, -0.2) is 48.1 Å². The first-order valence-electron chi connectivity index (χ1n) is 6.81. The van der Waals surface area contributed by atoms with E-state index in [9.17, 15) is 0 Å². The molecular formula is C13H26N2S. The van der Waals surface area contributed by atoms with Gasteiger partial charge in [-0.15, -0.1) is 0 Å². The normalized spacial score (nSPS) is 33.4. The number of rotatable bonds is 4. The summed E-state index contributed by atoms with van der Waals surface area (Å²) in [6, 6.07) is 0.781. The third kappa shape index (κ3) is 3.94. The van der Waals surface area contributed by atoms with Gasteiger partial charge in [0.05, 0.1) is 0 Å². The van der Waals surface area contributed by atoms with E-state index in [0.29, 0.717) is 0 Å². The molecule has 0 aliphatic carbocycles. The maximum absolute atomic E-state index is 3.71. The predicted molar refractivity (Wildman–Crippen MR) is 73.2 cm³/mol. The van der Waals surface area contributed by atoms with Gasteiger partial charge in [-0.2, -0.15) is 11.8 Å². The Hall–Kier alpha value is 0.270. The molecule has 2 saturated heterocycles. The van der Waals surface area contributed by atoms with Crippen molar-refractivity contribution in [2.45, 2.75) is 44.4 Å². The summed E-state index contributed by atoms with van der Waals surface area (Å²) in [7, 11) is 0. The lowest BCUT2D eigenvalue weighted by Crippen LogP contribution is -2.40. The highest BCUT2D eigenvalue weighted by molar-refractivity contribution is 8.00. The van der Waals surface area contributed by atoms with Gasteiger partial charge >= 0.3 is 0 Å². The van der Waals surface area contributed by atoms with Gasteiger partial charge in [0.1, 0.15) is 0 Å². The molecule has 2 nitrogen and oxygen atoms in total. The number of nitrogens with one attached hydrogen (secondary N) is 1. The summed E-state index contributed by atoms with van der Waals surface area (Å²) in [5.41, 5.74) is 0. The van der Waals surface area contributed by atoms with Crippen LogP contribution < -0.4 is 5.32 Å². The van der Waals surface area contributed by atoms with Gasteiger partial charge in [-0.3, -0.25) is 0 Å². The summed E-state index contributed by atoms with van der Waals surface area (Å²) in [5, 5.41) is 4.58. The zero-order valence-electron chi connectivity index (χ0n) is 10.7. The van der Waals surface area contributed by atoms with E-state index >= 15 is 0 Å². The Bertz CT molecular complexity index is 202. The van der Waals surface area contributed by atoms with Crippen LogP contribution in [0.25, 0.3) is 0 Å². The van der Waals surface area contributed by atoms with Crippen molar-refractivity contribution in [1.29, 1.82) is 0 Å². The molecule has 0 aromatic carbocycles. The quantitative estimate of drug-likeness (QED) is 0.814. The SMILES string of the molecule is CC1CCN(CCNC2CSC(C)C2)CC1. The molecule has 0 aromatic rings. The molecule has 0 bridgehead atoms. The fourth-order valence-electron chi connectivity index (χ4n) is 2.67. The molecule has 3 heteroatoms. The summed E-state index contributed by atoms with van der Waals surface area (Å²) in [4.78, 5) is 2.62. The topological polar surface area (TPSA) is 15.3 Å². The lowest BCUT2D eigenvalue weighted by molar-refractivity contribution is 0.191. The van der Waals surface area contributed by atoms with Crippen molar-refractivity contribution in [2.24, 2.45) is 5.92 Å². The fraction of sp³-hybridized carbons (Fsp3) is 1.00. The molecule has 0 saturated carbocycles. The van der Waals surface area contributed by atoms with E-state index < -0.39 is 0 Å². The molecule has 2 atom stereocenters. The second-order valence-corrected chi connectivity index (χ2v) is 7.03. The monoisotopic (exact) mass is 242 g/mol. The van der Waals surface area contributed by atoms with E-state index in [0.717, 1.165) is 17.2 Å². The van der Waals surface area contributed by atoms with E-state index in [1.807, 2.05) is 0 Å². The van der Waals surface area contributed by atoms with Crippen LogP contribution in [0.5, 0.6) is 0 Å². The molecule has 2 aliphatic rings. The van der Waals surface area contributed by atoms with Crippen molar-refractivity contribution in [1.82, 2.24) is 10.2 Å². The Balaban J connectivity index is 1.54. The molecule has 0 radical (unpaired) electrons. The molecular weight excluding hydrogens is 216 g/mol. The van der Waals surface area contributed by atoms with E-state index in [4.69, 9.17) is 0 Å². The molecule has 16 heavy (non-hydrogen) atoms. The zero-order chi connectivity index (χ0) is 11.4. The lowest BCUT2D eigenvalue weighted by atomic mass is 9.99. The van der Waals surface area contributed by atoms with Crippen LogP contribution >= 0.6 is 11.8 Å². The van der Waals surface area contributed by atoms with Crippen LogP contribution in [0.1, 0.15) is 33.1 Å². The maximum Gasteiger partial charge on any atom is 0.0169 e. The highest BCUT2D eigenvalue weighted by Crippen LogP contribution is 2.25. The van der Waals surface area contributed by atoms with E-state index in [1.165, 1.54) is 51.2 Å². The molecule has 1 N–H and O–H groups in total. The van der Waals surface area contributed by atoms with Gasteiger partial charge in [0.2, 0.25) is 0 Å². The van der Waals surface area contributed by atoms with Crippen molar-refractivity contribution in [3.63, 3.8) is 0 Å². The Morgan fingerprint density at radius 1 is 1.25 bits per heavy atom. The van der Waals surface area contributed by atoms with E-state index in [-0.39, 0.29) is 0 Å². The number of piperidine rings is 1. The molecule has 0 spiro atoms. The number of thioether (sulfide) groups is 1. The van der Waals surface area contributed by atoms with Gasteiger partial charge < -0.3 is 10.2 Å². The molecule has 2 heterocycles. The summed E-state index contributed by atoms with van der Waals surface area (Å²) in [6.07, 6.45) is 4.16. The van der Waals surface area contributed by atoms with Gasteiger partial charge in [0.25, 0.3) is 0 Å². The van der Waals surface area contributed by atoms with Gasteiger partial charge in [0, 0.05) is 30.1 Å². The minimum absolute atomic E-state index is 0.781. The average Bonchev–Trinajstić information content (AvgIpc) is 2.67. The van der Waals surface area contributed by atoms with Crippen LogP contribution in [0.4, 0.5) is 0 Å². The van der Waals surface area contributed by atoms with Gasteiger partial charge in [-0.25, -0.2) is 0 Å². The van der Waals surface area contributed by atoms with Crippen molar-refractivity contribution in [2.75, 3.05) is 31.9 Å². The molecule has 2 unspecified atom stereocenters. The van der Waals surface area contributed by atoms with Gasteiger partial charge in [-0.05, 0) is 38.3 Å². The fourth-order valence-corrected chi connectivity index (χ4v) is 3.86. The van der Waals surface area contributed by atoms with Crippen molar-refractivity contribution in [3.8, 4) is 0 Å². The van der Waals surface area contributed by atoms with Crippen molar-refractivity contribution >= 4 is 11.8 Å². The largest absolute Gasteiger partial charge is 0.312 e. The predicted octanol–water partition coefficient (Wildman–Crippen LogP) is 2.20. The van der Waals surface area contributed by atoms with Crippen molar-refractivity contribution < 1.29 is 0 Å². The van der Waals surface area contributed by atoms with Crippen LogP contribution in [0.15, 0.2) is 0 Å². The molecule has 0 amide bonds. The smallest absolute Gasteiger partial charge is 0.0169 e. The summed E-state index contributed by atoms with van der Waals surface area (Å²) in [6.45, 7) is 9.80. The van der Waals surface area contributed by atoms with Gasteiger partial charge in [0.15, 0.2) is 0 Å². The highest BCUT2D eigenvalue weighted by Gasteiger charge is 2.21. The highest BCUT2D eigenvalue weighted by atomic mass is 32.2. The Kier molecular flexibility index (Phi) is 4.98. The molecule has 2 fully saturated rings. The second-order valence-electron chi connectivity index (χ2n) is 5.55. The number of likely N-dealkylation sites (tertiary alicyclic amines) is 1. The number of hydrogen-bond acceptors (Lipinski definition) is 3. The first-order valence-corrected chi connectivity index (χ1v) is 7.86. The van der Waals surface area contributed by atoms with Crippen LogP contribution in [0.2, 0.25) is 0 Å². The van der Waals surface area contributed by atoms with E-state index in [1.54, 1.807) is 0 Å². The first kappa shape index (κ1) is 12.7. The lowest BCUT2D eigenvalue weighted by Gasteiger charge is -2.30. The molecule has 2 aliphatic heterocycles. The number of hydrogen-bond donors (Lipinski definition) is 1. The number of nitrogens with zero attached hydrogens (tertiary/aromatic N) is 1. The molecule has 0 aromatic heterocycles. The standard InChI is InChI=1S/C13H26N2S/c1-11-3-6-15(7-4-11)8-5-14-13-9-12(2)16-10-13/h11-14H,3-10H2,1-2H3. The van der Waals surface area contributed by atoms with Crippen LogP contribution in [-0.2, 0) is 0 Å². The zero-order valence-corrected chi connectivity index (χ0v) is 11.6. The second kappa shape index (κ2) is 6.27. The Labute approximate surface area is 105 Å². The first-order chi connectivity index (χ1) is 7.74. The van der Waals surface area contributed by atoms with Crippen LogP contribution in [0, 0.1) is 5.92 Å². The van der Waals surface area contributed by atoms with Gasteiger partial charge in [-0.1, -0.05) is 13.8 Å². The summed E-state index contributed by atoms with van der Waals surface area (Å²) in [5.74, 6) is 2.27. The minimum Gasteiger partial charge on any atom is -0.312 e. The molecule has 94 valence electrons.